The van der Waals surface area contributed by atoms with Crippen molar-refractivity contribution in [2.45, 2.75) is 4.83 Å². The van der Waals surface area contributed by atoms with Gasteiger partial charge in [-0.25, -0.2) is 4.79 Å². The number of hydrogen-bond donors (Lipinski definition) is 1. The topological polar surface area (TPSA) is 54.4 Å². The number of carboxylic acids is 1. The van der Waals surface area contributed by atoms with E-state index in [1.807, 2.05) is 12.1 Å². The Bertz CT molecular complexity index is 476. The second-order valence-corrected chi connectivity index (χ2v) is 4.19. The molecule has 0 aliphatic heterocycles. The van der Waals surface area contributed by atoms with Crippen molar-refractivity contribution in [2.24, 2.45) is 0 Å². The number of carboxylic acid groups (broad SMARTS) is 1. The lowest BCUT2D eigenvalue weighted by Gasteiger charge is -2.17. The van der Waals surface area contributed by atoms with E-state index in [2.05, 4.69) is 15.9 Å². The van der Waals surface area contributed by atoms with Crippen LogP contribution < -0.4 is 0 Å². The predicted molar refractivity (Wildman–Crippen MR) is 58.2 cm³/mol. The van der Waals surface area contributed by atoms with Crippen LogP contribution in [0.1, 0.15) is 20.7 Å². The molecule has 0 fully saturated rings. The Morgan fingerprint density at radius 2 is 2.00 bits per heavy atom. The first-order chi connectivity index (χ1) is 7.11. The van der Waals surface area contributed by atoms with Gasteiger partial charge >= 0.3 is 5.97 Å². The zero-order valence-corrected chi connectivity index (χ0v) is 9.19. The van der Waals surface area contributed by atoms with Gasteiger partial charge in [0.25, 0.3) is 0 Å². The number of ketones is 1. The largest absolute Gasteiger partial charge is 0.478 e. The predicted octanol–water partition coefficient (Wildman–Crippen LogP) is 2.33. The maximum atomic E-state index is 11.7. The molecule has 0 saturated heterocycles. The molecule has 1 N–H and O–H groups in total. The minimum absolute atomic E-state index is 0.171. The molecule has 0 heterocycles. The van der Waals surface area contributed by atoms with Crippen molar-refractivity contribution in [3.8, 4) is 0 Å². The third-order valence-electron chi connectivity index (χ3n) is 2.29. The number of aliphatic carboxylic acids is 1. The number of alkyl halides is 1. The highest BCUT2D eigenvalue weighted by Crippen LogP contribution is 2.34. The summed E-state index contributed by atoms with van der Waals surface area (Å²) in [7, 11) is 0. The number of allylic oxidation sites excluding steroid dienone is 1. The Hall–Kier alpha value is -1.42. The second kappa shape index (κ2) is 3.62. The molecule has 1 unspecified atom stereocenters. The molecule has 76 valence electrons. The normalized spacial score (nSPS) is 19.4. The van der Waals surface area contributed by atoms with E-state index in [0.29, 0.717) is 5.56 Å². The van der Waals surface area contributed by atoms with Crippen LogP contribution >= 0.6 is 15.9 Å². The zero-order chi connectivity index (χ0) is 11.0. The third-order valence-corrected chi connectivity index (χ3v) is 3.05. The number of fused-ring (bicyclic) bond motifs is 1. The van der Waals surface area contributed by atoms with E-state index in [-0.39, 0.29) is 10.4 Å². The Labute approximate surface area is 94.5 Å². The van der Waals surface area contributed by atoms with Gasteiger partial charge in [0.05, 0.1) is 4.83 Å². The van der Waals surface area contributed by atoms with Gasteiger partial charge in [0.15, 0.2) is 5.78 Å². The van der Waals surface area contributed by atoms with Crippen LogP contribution in [0.4, 0.5) is 0 Å². The first-order valence-corrected chi connectivity index (χ1v) is 5.25. The van der Waals surface area contributed by atoms with E-state index in [9.17, 15) is 9.59 Å². The smallest absolute Gasteiger partial charge is 0.339 e. The van der Waals surface area contributed by atoms with E-state index in [4.69, 9.17) is 5.11 Å². The summed E-state index contributed by atoms with van der Waals surface area (Å²) in [5.74, 6) is -1.60. The van der Waals surface area contributed by atoms with Crippen LogP contribution in [0.15, 0.2) is 35.9 Å². The van der Waals surface area contributed by atoms with Gasteiger partial charge < -0.3 is 5.11 Å². The lowest BCUT2D eigenvalue weighted by Crippen LogP contribution is -2.19. The van der Waals surface area contributed by atoms with E-state index >= 15 is 0 Å². The number of carbonyl (C=O) groups is 2. The first-order valence-electron chi connectivity index (χ1n) is 4.34. The van der Waals surface area contributed by atoms with Gasteiger partial charge in [-0.2, -0.15) is 0 Å². The Morgan fingerprint density at radius 3 is 2.67 bits per heavy atom. The molecule has 15 heavy (non-hydrogen) atoms. The average Bonchev–Trinajstić information content (AvgIpc) is 2.23. The summed E-state index contributed by atoms with van der Waals surface area (Å²) in [5, 5.41) is 8.84. The quantitative estimate of drug-likeness (QED) is 0.627. The maximum Gasteiger partial charge on any atom is 0.339 e. The molecule has 1 aromatic rings. The van der Waals surface area contributed by atoms with Crippen molar-refractivity contribution >= 4 is 27.7 Å². The fourth-order valence-corrected chi connectivity index (χ4v) is 2.23. The molecule has 0 radical (unpaired) electrons. The molecule has 0 bridgehead atoms. The summed E-state index contributed by atoms with van der Waals surface area (Å²) in [5.41, 5.74) is 1.10. The lowest BCUT2D eigenvalue weighted by atomic mass is 9.90. The standard InChI is InChI=1S/C11H7BrO3/c12-9-5-8(11(14)15)10(13)7-4-2-1-3-6(7)9/h1-5,9H,(H,14,15). The zero-order valence-electron chi connectivity index (χ0n) is 7.61. The van der Waals surface area contributed by atoms with Gasteiger partial charge in [-0.05, 0) is 11.6 Å². The van der Waals surface area contributed by atoms with Crippen LogP contribution in [0, 0.1) is 0 Å². The van der Waals surface area contributed by atoms with Gasteiger partial charge in [-0.1, -0.05) is 40.2 Å². The molecule has 1 aliphatic carbocycles. The molecule has 1 aromatic carbocycles. The summed E-state index contributed by atoms with van der Waals surface area (Å²) in [6.07, 6.45) is 1.42. The summed E-state index contributed by atoms with van der Waals surface area (Å²) in [6.45, 7) is 0. The lowest BCUT2D eigenvalue weighted by molar-refractivity contribution is -0.132. The summed E-state index contributed by atoms with van der Waals surface area (Å²) in [6, 6.07) is 6.99. The van der Waals surface area contributed by atoms with Gasteiger partial charge in [0.2, 0.25) is 0 Å². The summed E-state index contributed by atoms with van der Waals surface area (Å²) in [4.78, 5) is 22.3. The monoisotopic (exact) mass is 266 g/mol. The van der Waals surface area contributed by atoms with Crippen molar-refractivity contribution in [2.75, 3.05) is 0 Å². The number of hydrogen-bond acceptors (Lipinski definition) is 2. The van der Waals surface area contributed by atoms with Crippen LogP contribution in [0.25, 0.3) is 0 Å². The van der Waals surface area contributed by atoms with Crippen LogP contribution in [-0.4, -0.2) is 16.9 Å². The molecule has 0 spiro atoms. The summed E-state index contributed by atoms with van der Waals surface area (Å²) < 4.78 is 0. The molecule has 4 heteroatoms. The molecule has 1 atom stereocenters. The van der Waals surface area contributed by atoms with Gasteiger partial charge in [0, 0.05) is 5.56 Å². The molecular weight excluding hydrogens is 260 g/mol. The molecule has 3 nitrogen and oxygen atoms in total. The number of rotatable bonds is 1. The molecule has 0 aromatic heterocycles. The van der Waals surface area contributed by atoms with Crippen LogP contribution in [0.3, 0.4) is 0 Å². The number of halogens is 1. The average molecular weight is 267 g/mol. The Balaban J connectivity index is 2.58. The Morgan fingerprint density at radius 1 is 1.33 bits per heavy atom. The molecular formula is C11H7BrO3. The highest BCUT2D eigenvalue weighted by molar-refractivity contribution is 9.09. The third kappa shape index (κ3) is 1.61. The second-order valence-electron chi connectivity index (χ2n) is 3.20. The van der Waals surface area contributed by atoms with E-state index < -0.39 is 11.8 Å². The number of Topliss-reactive ketones (excluding diaryl/α,β-unsaturated/α-hetero) is 1. The van der Waals surface area contributed by atoms with Crippen LogP contribution in [0.5, 0.6) is 0 Å². The minimum atomic E-state index is -1.18. The van der Waals surface area contributed by atoms with E-state index in [0.717, 1.165) is 5.56 Å². The van der Waals surface area contributed by atoms with Crippen LogP contribution in [-0.2, 0) is 4.79 Å². The highest BCUT2D eigenvalue weighted by atomic mass is 79.9. The van der Waals surface area contributed by atoms with Crippen molar-refractivity contribution in [3.05, 3.63) is 47.0 Å². The minimum Gasteiger partial charge on any atom is -0.478 e. The summed E-state index contributed by atoms with van der Waals surface area (Å²) >= 11 is 3.33. The van der Waals surface area contributed by atoms with Gasteiger partial charge in [-0.3, -0.25) is 4.79 Å². The van der Waals surface area contributed by atoms with Crippen molar-refractivity contribution in [1.82, 2.24) is 0 Å². The number of carbonyl (C=O) groups excluding carboxylic acids is 1. The number of benzene rings is 1. The fourth-order valence-electron chi connectivity index (χ4n) is 1.57. The van der Waals surface area contributed by atoms with Gasteiger partial charge in [-0.15, -0.1) is 0 Å². The van der Waals surface area contributed by atoms with Crippen molar-refractivity contribution < 1.29 is 14.7 Å². The van der Waals surface area contributed by atoms with Crippen LogP contribution in [0.2, 0.25) is 0 Å². The first kappa shape index (κ1) is 10.1. The SMILES string of the molecule is O=C(O)C1=CC(Br)c2ccccc2C1=O. The molecule has 0 saturated carbocycles. The van der Waals surface area contributed by atoms with Gasteiger partial charge in [0.1, 0.15) is 5.57 Å². The molecule has 0 amide bonds. The molecule has 2 rings (SSSR count). The highest BCUT2D eigenvalue weighted by Gasteiger charge is 2.28. The molecule has 1 aliphatic rings. The van der Waals surface area contributed by atoms with Crippen molar-refractivity contribution in [3.63, 3.8) is 0 Å². The van der Waals surface area contributed by atoms with E-state index in [1.165, 1.54) is 6.08 Å². The van der Waals surface area contributed by atoms with E-state index in [1.54, 1.807) is 12.1 Å². The van der Waals surface area contributed by atoms with Crippen molar-refractivity contribution in [1.29, 1.82) is 0 Å². The Kier molecular flexibility index (Phi) is 2.44. The maximum absolute atomic E-state index is 11.7. The fraction of sp³-hybridized carbons (Fsp3) is 0.0909.